The molecule has 23 heteroatoms. The van der Waals surface area contributed by atoms with Crippen LogP contribution >= 0.6 is 6.72 Å². The van der Waals surface area contributed by atoms with Crippen molar-refractivity contribution in [3.8, 4) is 0 Å². The molecule has 21 nitrogen and oxygen atoms in total. The van der Waals surface area contributed by atoms with E-state index >= 15 is 0 Å². The van der Waals surface area contributed by atoms with E-state index in [9.17, 15) is 44.2 Å². The molecule has 57 heavy (non-hydrogen) atoms. The van der Waals surface area contributed by atoms with E-state index in [1.165, 1.54) is 13.1 Å². The zero-order valence-electron chi connectivity index (χ0n) is 31.3. The van der Waals surface area contributed by atoms with Gasteiger partial charge in [0.1, 0.15) is 56.0 Å². The molecule has 0 aliphatic carbocycles. The van der Waals surface area contributed by atoms with Crippen molar-refractivity contribution in [2.75, 3.05) is 40.0 Å². The Morgan fingerprint density at radius 3 is 2.37 bits per heavy atom. The fourth-order valence-electron chi connectivity index (χ4n) is 6.23. The summed E-state index contributed by atoms with van der Waals surface area (Å²) in [6.07, 6.45) is -6.67. The molecule has 2 unspecified atom stereocenters. The number of aliphatic hydroxyl groups excluding tert-OH is 3. The standard InChI is InChI=1S/C34H50N5O16PS/c1-20(41)37-26-28(44)27(43)23(17-40)54-31(26)50-16-7-6-13-35-32(45)36-14-8-11-22-29(55-56(48,57)49-2)24(53-30(22)39-15-12-25(42)38-33(39)46)19-52-34(47)51-18-21-9-4-3-5-10-21/h3-5,9-10,12,15,22-24,26-31,40,43-44H,6-8,11,13-14,16-19H2,1-2H3,(H,37,41)(H,48,57)(H2,35,36,45)(H,38,42,46)/t22-,23+,24+,26+,27-,28+,29?,30+,31+,56?/m0/s1. The van der Waals surface area contributed by atoms with E-state index in [4.69, 9.17) is 44.5 Å². The van der Waals surface area contributed by atoms with Crippen LogP contribution in [0.4, 0.5) is 9.59 Å². The number of ether oxygens (including phenoxy) is 5. The number of urea groups is 1. The topological polar surface area (TPSA) is 288 Å². The largest absolute Gasteiger partial charge is 0.508 e. The fourth-order valence-corrected chi connectivity index (χ4v) is 7.21. The number of aromatic amines is 1. The summed E-state index contributed by atoms with van der Waals surface area (Å²) in [5, 5.41) is 37.9. The van der Waals surface area contributed by atoms with Gasteiger partial charge in [-0.2, -0.15) is 0 Å². The van der Waals surface area contributed by atoms with Crippen molar-refractivity contribution in [3.05, 3.63) is 69.0 Å². The van der Waals surface area contributed by atoms with Gasteiger partial charge in [0.15, 0.2) is 6.29 Å². The van der Waals surface area contributed by atoms with Crippen LogP contribution in [0, 0.1) is 5.92 Å². The van der Waals surface area contributed by atoms with Gasteiger partial charge in [0.2, 0.25) is 5.91 Å². The maximum atomic E-state index is 12.9. The number of unbranched alkanes of at least 4 members (excludes halogenated alkanes) is 1. The van der Waals surface area contributed by atoms with Crippen LogP contribution < -0.4 is 27.2 Å². The smallest absolute Gasteiger partial charge is 0.431 e. The highest BCUT2D eigenvalue weighted by atomic mass is 32.5. The van der Waals surface area contributed by atoms with Crippen LogP contribution in [0.15, 0.2) is 52.2 Å². The molecular formula is C34H50N5O16PS. The Kier molecular flexibility index (Phi) is 18.0. The number of carbonyl (C=O) groups is 3. The minimum Gasteiger partial charge on any atom is -0.431 e. The Balaban J connectivity index is 1.29. The Labute approximate surface area is 332 Å². The monoisotopic (exact) mass is 847 g/mol. The molecule has 318 valence electrons. The van der Waals surface area contributed by atoms with Gasteiger partial charge < -0.3 is 68.9 Å². The SMILES string of the molecule is COP(O)(=S)OC1[C@@H](COC(=O)OCc2ccccc2)O[C@@H](n2ccc(=O)[nH]c2=O)[C@H]1CCCNC(=O)NCCCCO[C@@H]1O[C@H](CO)[C@H](O)[C@H](O)[C@H]1NC(C)=O. The first-order valence-electron chi connectivity index (χ1n) is 18.1. The van der Waals surface area contributed by atoms with Crippen LogP contribution in [-0.4, -0.2) is 131 Å². The number of rotatable bonds is 20. The van der Waals surface area contributed by atoms with E-state index in [-0.39, 0.29) is 32.7 Å². The first kappa shape index (κ1) is 45.9. The van der Waals surface area contributed by atoms with Crippen molar-refractivity contribution in [3.63, 3.8) is 0 Å². The first-order valence-corrected chi connectivity index (χ1v) is 20.7. The summed E-state index contributed by atoms with van der Waals surface area (Å²) in [4.78, 5) is 74.1. The molecular weight excluding hydrogens is 797 g/mol. The third-order valence-corrected chi connectivity index (χ3v) is 10.7. The molecule has 10 atom stereocenters. The molecule has 0 saturated carbocycles. The second kappa shape index (κ2) is 22.4. The molecule has 0 bridgehead atoms. The summed E-state index contributed by atoms with van der Waals surface area (Å²) >= 11 is 5.12. The quantitative estimate of drug-likeness (QED) is 0.0472. The average molecular weight is 848 g/mol. The summed E-state index contributed by atoms with van der Waals surface area (Å²) < 4.78 is 39.8. The molecule has 3 amide bonds. The lowest BCUT2D eigenvalue weighted by atomic mass is 9.94. The van der Waals surface area contributed by atoms with Gasteiger partial charge in [0.25, 0.3) is 5.56 Å². The van der Waals surface area contributed by atoms with Gasteiger partial charge in [-0.1, -0.05) is 30.3 Å². The second-order valence-electron chi connectivity index (χ2n) is 13.1. The molecule has 3 heterocycles. The first-order chi connectivity index (χ1) is 27.2. The molecule has 1 aromatic heterocycles. The zero-order valence-corrected chi connectivity index (χ0v) is 33.0. The minimum absolute atomic E-state index is 0.0543. The number of hydrogen-bond acceptors (Lipinski definition) is 16. The van der Waals surface area contributed by atoms with E-state index in [1.54, 1.807) is 24.3 Å². The highest BCUT2D eigenvalue weighted by molar-refractivity contribution is 8.07. The van der Waals surface area contributed by atoms with Gasteiger partial charge in [0.05, 0.1) is 6.61 Å². The zero-order chi connectivity index (χ0) is 41.5. The maximum absolute atomic E-state index is 12.9. The number of aromatic nitrogens is 2. The fraction of sp³-hybridized carbons (Fsp3) is 0.618. The Hall–Kier alpha value is -3.80. The van der Waals surface area contributed by atoms with Crippen molar-refractivity contribution in [2.24, 2.45) is 5.92 Å². The number of hydrogen-bond donors (Lipinski definition) is 8. The van der Waals surface area contributed by atoms with E-state index in [0.717, 1.165) is 23.3 Å². The molecule has 1 aromatic carbocycles. The van der Waals surface area contributed by atoms with Gasteiger partial charge in [-0.25, -0.2) is 14.4 Å². The molecule has 2 saturated heterocycles. The predicted octanol–water partition coefficient (Wildman–Crippen LogP) is -0.528. The number of benzene rings is 1. The lowest BCUT2D eigenvalue weighted by molar-refractivity contribution is -0.270. The molecule has 8 N–H and O–H groups in total. The van der Waals surface area contributed by atoms with Gasteiger partial charge in [0, 0.05) is 51.9 Å². The van der Waals surface area contributed by atoms with Gasteiger partial charge >= 0.3 is 24.6 Å². The van der Waals surface area contributed by atoms with Crippen molar-refractivity contribution in [1.82, 2.24) is 25.5 Å². The van der Waals surface area contributed by atoms with E-state index in [2.05, 4.69) is 20.9 Å². The predicted molar refractivity (Wildman–Crippen MR) is 201 cm³/mol. The third kappa shape index (κ3) is 13.9. The van der Waals surface area contributed by atoms with Crippen LogP contribution in [-0.2, 0) is 55.9 Å². The third-order valence-electron chi connectivity index (χ3n) is 9.03. The number of carbonyl (C=O) groups excluding carboxylic acids is 3. The molecule has 2 aromatic rings. The molecule has 2 aliphatic rings. The highest BCUT2D eigenvalue weighted by Gasteiger charge is 2.49. The second-order valence-corrected chi connectivity index (χ2v) is 16.0. The number of H-pyrrole nitrogens is 1. The maximum Gasteiger partial charge on any atom is 0.508 e. The van der Waals surface area contributed by atoms with Gasteiger partial charge in [-0.15, -0.1) is 0 Å². The molecule has 0 spiro atoms. The van der Waals surface area contributed by atoms with Gasteiger partial charge in [-0.3, -0.25) is 19.1 Å². The lowest BCUT2D eigenvalue weighted by Crippen LogP contribution is -2.64. The van der Waals surface area contributed by atoms with Crippen LogP contribution in [0.5, 0.6) is 0 Å². The summed E-state index contributed by atoms with van der Waals surface area (Å²) in [5.74, 6) is -1.22. The van der Waals surface area contributed by atoms with Crippen LogP contribution in [0.2, 0.25) is 0 Å². The van der Waals surface area contributed by atoms with E-state index < -0.39 is 104 Å². The van der Waals surface area contributed by atoms with Crippen molar-refractivity contribution in [1.29, 1.82) is 0 Å². The molecule has 4 rings (SSSR count). The Morgan fingerprint density at radius 2 is 1.70 bits per heavy atom. The number of amides is 3. The van der Waals surface area contributed by atoms with Gasteiger partial charge in [-0.05, 0) is 43.1 Å². The summed E-state index contributed by atoms with van der Waals surface area (Å²) in [6.45, 7) is -3.13. The average Bonchev–Trinajstić information content (AvgIpc) is 3.50. The number of nitrogens with zero attached hydrogens (tertiary/aromatic N) is 1. The Morgan fingerprint density at radius 1 is 0.982 bits per heavy atom. The van der Waals surface area contributed by atoms with Crippen LogP contribution in [0.3, 0.4) is 0 Å². The number of nitrogens with one attached hydrogen (secondary N) is 4. The van der Waals surface area contributed by atoms with Crippen molar-refractivity contribution < 1.29 is 67.3 Å². The van der Waals surface area contributed by atoms with Crippen molar-refractivity contribution >= 4 is 36.6 Å². The number of aliphatic hydroxyl groups is 3. The highest BCUT2D eigenvalue weighted by Crippen LogP contribution is 2.50. The molecule has 0 radical (unpaired) electrons. The minimum atomic E-state index is -3.84. The van der Waals surface area contributed by atoms with Crippen LogP contribution in [0.1, 0.15) is 44.4 Å². The normalized spacial score (nSPS) is 26.9. The summed E-state index contributed by atoms with van der Waals surface area (Å²) in [7, 11) is 1.16. The van der Waals surface area contributed by atoms with E-state index in [1.807, 2.05) is 6.07 Å². The molecule has 2 fully saturated rings. The summed E-state index contributed by atoms with van der Waals surface area (Å²) in [6, 6.07) is 8.50. The van der Waals surface area contributed by atoms with E-state index in [0.29, 0.717) is 19.3 Å². The summed E-state index contributed by atoms with van der Waals surface area (Å²) in [5.41, 5.74) is -0.702. The van der Waals surface area contributed by atoms with Crippen molar-refractivity contribution in [2.45, 2.75) is 88.3 Å². The lowest BCUT2D eigenvalue weighted by Gasteiger charge is -2.42. The van der Waals surface area contributed by atoms with Crippen LogP contribution in [0.25, 0.3) is 0 Å². The Bertz CT molecular complexity index is 1770. The molecule has 2 aliphatic heterocycles.